The van der Waals surface area contributed by atoms with Crippen molar-refractivity contribution >= 4 is 0 Å². The summed E-state index contributed by atoms with van der Waals surface area (Å²) >= 11 is 0. The Morgan fingerprint density at radius 2 is 1.64 bits per heavy atom. The van der Waals surface area contributed by atoms with E-state index in [0.29, 0.717) is 6.04 Å². The van der Waals surface area contributed by atoms with Crippen LogP contribution in [0.15, 0.2) is 0 Å². The van der Waals surface area contributed by atoms with Gasteiger partial charge in [0.05, 0.1) is 0 Å². The summed E-state index contributed by atoms with van der Waals surface area (Å²) in [5.74, 6) is 0. The lowest BCUT2D eigenvalue weighted by molar-refractivity contribution is 0.138. The Morgan fingerprint density at radius 1 is 0.929 bits per heavy atom. The Balaban J connectivity index is 1.84. The second kappa shape index (κ2) is 4.63. The first-order valence-electron chi connectivity index (χ1n) is 6.25. The molecule has 2 aliphatic carbocycles. The van der Waals surface area contributed by atoms with Gasteiger partial charge in [-0.3, -0.25) is 0 Å². The molecule has 0 amide bonds. The first kappa shape index (κ1) is 10.4. The van der Waals surface area contributed by atoms with Gasteiger partial charge in [-0.25, -0.2) is 0 Å². The molecule has 0 aromatic carbocycles. The quantitative estimate of drug-likeness (QED) is 0.733. The van der Waals surface area contributed by atoms with E-state index < -0.39 is 0 Å². The molecule has 2 fully saturated rings. The first-order chi connectivity index (χ1) is 6.77. The SMILES string of the molecule is CN(C1CCCCC1)C1CCC(N)C1. The standard InChI is InChI=1S/C12H24N2/c1-14(11-5-3-2-4-6-11)12-8-7-10(13)9-12/h10-12H,2-9,13H2,1H3. The Labute approximate surface area is 87.8 Å². The van der Waals surface area contributed by atoms with Crippen molar-refractivity contribution < 1.29 is 0 Å². The summed E-state index contributed by atoms with van der Waals surface area (Å²) in [7, 11) is 2.32. The van der Waals surface area contributed by atoms with Crippen molar-refractivity contribution in [3.63, 3.8) is 0 Å². The summed E-state index contributed by atoms with van der Waals surface area (Å²) in [4.78, 5) is 2.63. The second-order valence-corrected chi connectivity index (χ2v) is 5.18. The molecule has 0 saturated heterocycles. The van der Waals surface area contributed by atoms with Crippen molar-refractivity contribution in [3.05, 3.63) is 0 Å². The van der Waals surface area contributed by atoms with Gasteiger partial charge in [0, 0.05) is 18.1 Å². The fraction of sp³-hybridized carbons (Fsp3) is 1.00. The van der Waals surface area contributed by atoms with Gasteiger partial charge in [-0.15, -0.1) is 0 Å². The molecule has 0 radical (unpaired) electrons. The third kappa shape index (κ3) is 2.29. The average molecular weight is 196 g/mol. The van der Waals surface area contributed by atoms with Gasteiger partial charge in [0.25, 0.3) is 0 Å². The van der Waals surface area contributed by atoms with Crippen LogP contribution >= 0.6 is 0 Å². The minimum Gasteiger partial charge on any atom is -0.328 e. The average Bonchev–Trinajstić information content (AvgIpc) is 2.65. The molecular weight excluding hydrogens is 172 g/mol. The van der Waals surface area contributed by atoms with Crippen LogP contribution < -0.4 is 5.73 Å². The van der Waals surface area contributed by atoms with Gasteiger partial charge in [0.1, 0.15) is 0 Å². The highest BCUT2D eigenvalue weighted by Crippen LogP contribution is 2.28. The summed E-state index contributed by atoms with van der Waals surface area (Å²) in [6.07, 6.45) is 11.0. The van der Waals surface area contributed by atoms with Crippen LogP contribution in [0.4, 0.5) is 0 Å². The van der Waals surface area contributed by atoms with Crippen LogP contribution in [0.1, 0.15) is 51.4 Å². The van der Waals surface area contributed by atoms with E-state index in [1.165, 1.54) is 51.4 Å². The topological polar surface area (TPSA) is 29.3 Å². The molecule has 0 heterocycles. The van der Waals surface area contributed by atoms with E-state index in [0.717, 1.165) is 12.1 Å². The van der Waals surface area contributed by atoms with Gasteiger partial charge < -0.3 is 10.6 Å². The predicted molar refractivity (Wildman–Crippen MR) is 60.3 cm³/mol. The Hall–Kier alpha value is -0.0800. The smallest absolute Gasteiger partial charge is 0.0110 e. The summed E-state index contributed by atoms with van der Waals surface area (Å²) in [6.45, 7) is 0. The summed E-state index contributed by atoms with van der Waals surface area (Å²) in [5.41, 5.74) is 5.97. The maximum Gasteiger partial charge on any atom is 0.0110 e. The fourth-order valence-corrected chi connectivity index (χ4v) is 3.15. The lowest BCUT2D eigenvalue weighted by Crippen LogP contribution is -2.40. The molecule has 0 bridgehead atoms. The zero-order valence-electron chi connectivity index (χ0n) is 9.41. The number of hydrogen-bond acceptors (Lipinski definition) is 2. The van der Waals surface area contributed by atoms with E-state index >= 15 is 0 Å². The Morgan fingerprint density at radius 3 is 2.21 bits per heavy atom. The predicted octanol–water partition coefficient (Wildman–Crippen LogP) is 2.13. The highest BCUT2D eigenvalue weighted by molar-refractivity contribution is 4.87. The third-order valence-electron chi connectivity index (χ3n) is 4.17. The van der Waals surface area contributed by atoms with Crippen molar-refractivity contribution in [1.82, 2.24) is 4.90 Å². The van der Waals surface area contributed by atoms with Gasteiger partial charge in [-0.05, 0) is 39.2 Å². The van der Waals surface area contributed by atoms with Gasteiger partial charge in [0.2, 0.25) is 0 Å². The van der Waals surface area contributed by atoms with Gasteiger partial charge in [-0.1, -0.05) is 19.3 Å². The van der Waals surface area contributed by atoms with Gasteiger partial charge in [-0.2, -0.15) is 0 Å². The maximum absolute atomic E-state index is 5.97. The number of nitrogens with two attached hydrogens (primary N) is 1. The maximum atomic E-state index is 5.97. The van der Waals surface area contributed by atoms with Crippen molar-refractivity contribution in [2.45, 2.75) is 69.5 Å². The molecule has 0 aromatic heterocycles. The molecule has 2 nitrogen and oxygen atoms in total. The van der Waals surface area contributed by atoms with Crippen LogP contribution in [0.3, 0.4) is 0 Å². The largest absolute Gasteiger partial charge is 0.328 e. The molecule has 2 aliphatic rings. The van der Waals surface area contributed by atoms with E-state index in [9.17, 15) is 0 Å². The molecule has 2 heteroatoms. The van der Waals surface area contributed by atoms with Gasteiger partial charge in [0.15, 0.2) is 0 Å². The molecular formula is C12H24N2. The lowest BCUT2D eigenvalue weighted by atomic mass is 9.93. The fourth-order valence-electron chi connectivity index (χ4n) is 3.15. The van der Waals surface area contributed by atoms with Crippen LogP contribution in [0.25, 0.3) is 0 Å². The number of rotatable bonds is 2. The zero-order valence-corrected chi connectivity index (χ0v) is 9.41. The van der Waals surface area contributed by atoms with Crippen LogP contribution in [-0.2, 0) is 0 Å². The Bertz CT molecular complexity index is 170. The van der Waals surface area contributed by atoms with Crippen LogP contribution in [0, 0.1) is 0 Å². The highest BCUT2D eigenvalue weighted by atomic mass is 15.2. The molecule has 82 valence electrons. The van der Waals surface area contributed by atoms with Crippen molar-refractivity contribution in [2.24, 2.45) is 5.73 Å². The second-order valence-electron chi connectivity index (χ2n) is 5.18. The molecule has 0 spiro atoms. The normalized spacial score (nSPS) is 35.4. The number of nitrogens with zero attached hydrogens (tertiary/aromatic N) is 1. The molecule has 2 rings (SSSR count). The molecule has 2 unspecified atom stereocenters. The van der Waals surface area contributed by atoms with Crippen molar-refractivity contribution in [1.29, 1.82) is 0 Å². The molecule has 2 atom stereocenters. The summed E-state index contributed by atoms with van der Waals surface area (Å²) in [6, 6.07) is 2.12. The molecule has 2 N–H and O–H groups in total. The van der Waals surface area contributed by atoms with Crippen molar-refractivity contribution in [3.8, 4) is 0 Å². The molecule has 0 aromatic rings. The van der Waals surface area contributed by atoms with Gasteiger partial charge >= 0.3 is 0 Å². The lowest BCUT2D eigenvalue weighted by Gasteiger charge is -2.35. The van der Waals surface area contributed by atoms with E-state index in [4.69, 9.17) is 5.73 Å². The Kier molecular flexibility index (Phi) is 3.45. The van der Waals surface area contributed by atoms with E-state index in [1.54, 1.807) is 0 Å². The van der Waals surface area contributed by atoms with Crippen LogP contribution in [0.2, 0.25) is 0 Å². The number of hydrogen-bond donors (Lipinski definition) is 1. The monoisotopic (exact) mass is 196 g/mol. The third-order valence-corrected chi connectivity index (χ3v) is 4.17. The zero-order chi connectivity index (χ0) is 9.97. The van der Waals surface area contributed by atoms with Crippen molar-refractivity contribution in [2.75, 3.05) is 7.05 Å². The van der Waals surface area contributed by atoms with E-state index in [1.807, 2.05) is 0 Å². The highest BCUT2D eigenvalue weighted by Gasteiger charge is 2.29. The first-order valence-corrected chi connectivity index (χ1v) is 6.25. The molecule has 2 saturated carbocycles. The van der Waals surface area contributed by atoms with E-state index in [2.05, 4.69) is 11.9 Å². The summed E-state index contributed by atoms with van der Waals surface area (Å²) < 4.78 is 0. The molecule has 0 aliphatic heterocycles. The minimum absolute atomic E-state index is 0.478. The summed E-state index contributed by atoms with van der Waals surface area (Å²) in [5, 5.41) is 0. The van der Waals surface area contributed by atoms with Crippen LogP contribution in [0.5, 0.6) is 0 Å². The van der Waals surface area contributed by atoms with E-state index in [-0.39, 0.29) is 0 Å². The van der Waals surface area contributed by atoms with Crippen LogP contribution in [-0.4, -0.2) is 30.1 Å². The molecule has 14 heavy (non-hydrogen) atoms. The minimum atomic E-state index is 0.478.